The summed E-state index contributed by atoms with van der Waals surface area (Å²) in [6.45, 7) is 0. The zero-order valence-corrected chi connectivity index (χ0v) is 7.14. The largest absolute Gasteiger partial charge is 0.476 e. The van der Waals surface area contributed by atoms with Crippen molar-refractivity contribution < 1.29 is 18.8 Å². The van der Waals surface area contributed by atoms with Gasteiger partial charge in [0.25, 0.3) is 0 Å². The molecular weight excluding hydrogens is 186 g/mol. The number of hydrogen-bond donors (Lipinski definition) is 1. The van der Waals surface area contributed by atoms with E-state index in [1.54, 1.807) is 18.4 Å². The number of aromatic nitrogens is 1. The van der Waals surface area contributed by atoms with Gasteiger partial charge in [0.2, 0.25) is 0 Å². The summed E-state index contributed by atoms with van der Waals surface area (Å²) in [5, 5.41) is 12.0. The van der Waals surface area contributed by atoms with Gasteiger partial charge in [-0.1, -0.05) is 5.16 Å². The molecule has 0 radical (unpaired) electrons. The van der Waals surface area contributed by atoms with Crippen LogP contribution < -0.4 is 0 Å². The number of aromatic carboxylic acids is 1. The van der Waals surface area contributed by atoms with Gasteiger partial charge in [-0.25, -0.2) is 4.79 Å². The van der Waals surface area contributed by atoms with Crippen molar-refractivity contribution in [2.75, 3.05) is 0 Å². The van der Waals surface area contributed by atoms with Crippen molar-refractivity contribution >= 4 is 5.97 Å². The maximum atomic E-state index is 10.5. The standard InChI is InChI=1S/C9H7NO4/c11-9(12)8-5-7(14-10-8)4-6-2-1-3-13-6/h1-3,5H,4H2,(H,11,12). The lowest BCUT2D eigenvalue weighted by Crippen LogP contribution is -1.94. The van der Waals surface area contributed by atoms with Crippen LogP contribution in [-0.4, -0.2) is 16.2 Å². The van der Waals surface area contributed by atoms with Crippen molar-refractivity contribution in [1.82, 2.24) is 5.16 Å². The molecule has 1 N–H and O–H groups in total. The summed E-state index contributed by atoms with van der Waals surface area (Å²) < 4.78 is 9.88. The second-order valence-corrected chi connectivity index (χ2v) is 2.74. The average molecular weight is 193 g/mol. The molecule has 0 aliphatic rings. The molecule has 0 fully saturated rings. The summed E-state index contributed by atoms with van der Waals surface area (Å²) in [6, 6.07) is 4.91. The van der Waals surface area contributed by atoms with Gasteiger partial charge >= 0.3 is 5.97 Å². The number of nitrogens with zero attached hydrogens (tertiary/aromatic N) is 1. The van der Waals surface area contributed by atoms with Crippen molar-refractivity contribution in [2.45, 2.75) is 6.42 Å². The molecule has 0 aromatic carbocycles. The molecule has 5 heteroatoms. The molecule has 2 aromatic rings. The number of furan rings is 1. The van der Waals surface area contributed by atoms with Gasteiger partial charge in [0.1, 0.15) is 11.5 Å². The smallest absolute Gasteiger partial charge is 0.358 e. The Balaban J connectivity index is 2.14. The predicted octanol–water partition coefficient (Wildman–Crippen LogP) is 1.56. The van der Waals surface area contributed by atoms with E-state index in [0.29, 0.717) is 17.9 Å². The molecule has 0 spiro atoms. The van der Waals surface area contributed by atoms with Crippen LogP contribution >= 0.6 is 0 Å². The van der Waals surface area contributed by atoms with E-state index in [4.69, 9.17) is 14.0 Å². The first kappa shape index (κ1) is 8.55. The highest BCUT2D eigenvalue weighted by Crippen LogP contribution is 2.11. The summed E-state index contributed by atoms with van der Waals surface area (Å²) in [5.41, 5.74) is -0.0912. The van der Waals surface area contributed by atoms with Gasteiger partial charge in [-0.05, 0) is 12.1 Å². The van der Waals surface area contributed by atoms with Gasteiger partial charge in [0, 0.05) is 6.07 Å². The number of carboxylic acids is 1. The van der Waals surface area contributed by atoms with E-state index >= 15 is 0 Å². The van der Waals surface area contributed by atoms with Crippen molar-refractivity contribution in [3.8, 4) is 0 Å². The van der Waals surface area contributed by atoms with E-state index in [0.717, 1.165) is 0 Å². The lowest BCUT2D eigenvalue weighted by atomic mass is 10.2. The highest BCUT2D eigenvalue weighted by atomic mass is 16.5. The summed E-state index contributed by atoms with van der Waals surface area (Å²) >= 11 is 0. The van der Waals surface area contributed by atoms with Crippen LogP contribution in [-0.2, 0) is 6.42 Å². The summed E-state index contributed by atoms with van der Waals surface area (Å²) in [4.78, 5) is 10.5. The van der Waals surface area contributed by atoms with Crippen LogP contribution in [0.2, 0.25) is 0 Å². The molecule has 0 saturated heterocycles. The van der Waals surface area contributed by atoms with E-state index in [-0.39, 0.29) is 5.69 Å². The molecule has 5 nitrogen and oxygen atoms in total. The zero-order chi connectivity index (χ0) is 9.97. The van der Waals surface area contributed by atoms with E-state index in [2.05, 4.69) is 5.16 Å². The Morgan fingerprint density at radius 3 is 2.93 bits per heavy atom. The Morgan fingerprint density at radius 1 is 1.50 bits per heavy atom. The molecule has 72 valence electrons. The fourth-order valence-electron chi connectivity index (χ4n) is 1.08. The minimum absolute atomic E-state index is 0.0912. The van der Waals surface area contributed by atoms with Gasteiger partial charge in [-0.15, -0.1) is 0 Å². The Hall–Kier alpha value is -2.04. The van der Waals surface area contributed by atoms with Crippen LogP contribution in [0.4, 0.5) is 0 Å². The molecule has 2 aromatic heterocycles. The highest BCUT2D eigenvalue weighted by Gasteiger charge is 2.11. The molecule has 0 amide bonds. The Bertz CT molecular complexity index is 429. The Labute approximate surface area is 78.9 Å². The average Bonchev–Trinajstić information content (AvgIpc) is 2.75. The molecule has 0 atom stereocenters. The SMILES string of the molecule is O=C(O)c1cc(Cc2ccco2)on1. The number of carbonyl (C=O) groups is 1. The summed E-state index contributed by atoms with van der Waals surface area (Å²) in [6.07, 6.45) is 1.96. The van der Waals surface area contributed by atoms with Crippen LogP contribution in [0.1, 0.15) is 22.0 Å². The summed E-state index contributed by atoms with van der Waals surface area (Å²) in [7, 11) is 0. The quantitative estimate of drug-likeness (QED) is 0.800. The van der Waals surface area contributed by atoms with E-state index in [9.17, 15) is 4.79 Å². The Morgan fingerprint density at radius 2 is 2.36 bits per heavy atom. The van der Waals surface area contributed by atoms with Gasteiger partial charge < -0.3 is 14.0 Å². The molecule has 0 unspecified atom stereocenters. The van der Waals surface area contributed by atoms with Gasteiger partial charge in [-0.2, -0.15) is 0 Å². The molecule has 0 aliphatic carbocycles. The highest BCUT2D eigenvalue weighted by molar-refractivity contribution is 5.85. The van der Waals surface area contributed by atoms with Crippen LogP contribution in [0.25, 0.3) is 0 Å². The third kappa shape index (κ3) is 1.66. The van der Waals surface area contributed by atoms with Crippen LogP contribution in [0.3, 0.4) is 0 Å². The number of carboxylic acid groups (broad SMARTS) is 1. The molecular formula is C9H7NO4. The lowest BCUT2D eigenvalue weighted by molar-refractivity contribution is 0.0685. The van der Waals surface area contributed by atoms with Gasteiger partial charge in [0.05, 0.1) is 12.7 Å². The zero-order valence-electron chi connectivity index (χ0n) is 7.14. The number of hydrogen-bond acceptors (Lipinski definition) is 4. The molecule has 2 heterocycles. The molecule has 0 saturated carbocycles. The van der Waals surface area contributed by atoms with E-state index < -0.39 is 5.97 Å². The fourth-order valence-corrected chi connectivity index (χ4v) is 1.08. The maximum absolute atomic E-state index is 10.5. The predicted molar refractivity (Wildman–Crippen MR) is 45.0 cm³/mol. The third-order valence-electron chi connectivity index (χ3n) is 1.71. The summed E-state index contributed by atoms with van der Waals surface area (Å²) in [5.74, 6) is 0.0786. The first-order valence-corrected chi connectivity index (χ1v) is 3.97. The second-order valence-electron chi connectivity index (χ2n) is 2.74. The van der Waals surface area contributed by atoms with Crippen LogP contribution in [0.15, 0.2) is 33.4 Å². The second kappa shape index (κ2) is 3.37. The van der Waals surface area contributed by atoms with Gasteiger partial charge in [0.15, 0.2) is 5.69 Å². The van der Waals surface area contributed by atoms with Crippen molar-refractivity contribution in [3.05, 3.63) is 41.7 Å². The molecule has 0 bridgehead atoms. The first-order valence-electron chi connectivity index (χ1n) is 3.97. The normalized spacial score (nSPS) is 10.3. The maximum Gasteiger partial charge on any atom is 0.358 e. The minimum Gasteiger partial charge on any atom is -0.476 e. The Kier molecular flexibility index (Phi) is 2.06. The van der Waals surface area contributed by atoms with Crippen molar-refractivity contribution in [2.24, 2.45) is 0 Å². The molecule has 0 aliphatic heterocycles. The van der Waals surface area contributed by atoms with E-state index in [1.807, 2.05) is 0 Å². The third-order valence-corrected chi connectivity index (χ3v) is 1.71. The topological polar surface area (TPSA) is 76.5 Å². The molecule has 14 heavy (non-hydrogen) atoms. The lowest BCUT2D eigenvalue weighted by Gasteiger charge is -1.87. The van der Waals surface area contributed by atoms with E-state index in [1.165, 1.54) is 6.07 Å². The van der Waals surface area contributed by atoms with Gasteiger partial charge in [-0.3, -0.25) is 0 Å². The molecule has 2 rings (SSSR count). The monoisotopic (exact) mass is 193 g/mol. The first-order chi connectivity index (χ1) is 6.75. The van der Waals surface area contributed by atoms with Crippen LogP contribution in [0, 0.1) is 0 Å². The number of rotatable bonds is 3. The van der Waals surface area contributed by atoms with Crippen molar-refractivity contribution in [3.63, 3.8) is 0 Å². The fraction of sp³-hybridized carbons (Fsp3) is 0.111. The van der Waals surface area contributed by atoms with Crippen molar-refractivity contribution in [1.29, 1.82) is 0 Å². The minimum atomic E-state index is -1.10. The van der Waals surface area contributed by atoms with Crippen LogP contribution in [0.5, 0.6) is 0 Å².